The number of nitrogens with zero attached hydrogens (tertiary/aromatic N) is 3. The first kappa shape index (κ1) is 16.3. The minimum absolute atomic E-state index is 0.0494. The lowest BCUT2D eigenvalue weighted by Crippen LogP contribution is -2.11. The molecule has 122 valence electrons. The van der Waals surface area contributed by atoms with Crippen molar-refractivity contribution < 1.29 is 14.3 Å². The van der Waals surface area contributed by atoms with E-state index in [-0.39, 0.29) is 28.2 Å². The summed E-state index contributed by atoms with van der Waals surface area (Å²) in [6, 6.07) is 7.14. The summed E-state index contributed by atoms with van der Waals surface area (Å²) in [6.45, 7) is 3.75. The van der Waals surface area contributed by atoms with Crippen LogP contribution in [0.4, 0.5) is 4.39 Å². The van der Waals surface area contributed by atoms with E-state index in [1.165, 1.54) is 0 Å². The molecule has 0 aliphatic heterocycles. The van der Waals surface area contributed by atoms with Crippen LogP contribution in [0.3, 0.4) is 0 Å². The molecular weight excluding hydrogens is 333 g/mol. The van der Waals surface area contributed by atoms with Crippen LogP contribution in [0.1, 0.15) is 35.7 Å². The van der Waals surface area contributed by atoms with Crippen molar-refractivity contribution in [3.8, 4) is 11.4 Å². The van der Waals surface area contributed by atoms with Crippen LogP contribution in [-0.2, 0) is 0 Å². The summed E-state index contributed by atoms with van der Waals surface area (Å²) in [5.41, 5.74) is 0.802. The van der Waals surface area contributed by atoms with Gasteiger partial charge in [0.25, 0.3) is 0 Å². The van der Waals surface area contributed by atoms with Gasteiger partial charge in [0, 0.05) is 5.39 Å². The first-order valence-electron chi connectivity index (χ1n) is 7.24. The third-order valence-electron chi connectivity index (χ3n) is 3.66. The van der Waals surface area contributed by atoms with Gasteiger partial charge in [0.05, 0.1) is 17.3 Å². The average molecular weight is 346 g/mol. The van der Waals surface area contributed by atoms with Crippen LogP contribution in [0.25, 0.3) is 22.3 Å². The summed E-state index contributed by atoms with van der Waals surface area (Å²) in [7, 11) is 0. The molecule has 0 spiro atoms. The van der Waals surface area contributed by atoms with Crippen molar-refractivity contribution >= 4 is 28.5 Å². The molecule has 0 unspecified atom stereocenters. The zero-order valence-corrected chi connectivity index (χ0v) is 13.7. The predicted octanol–water partition coefficient (Wildman–Crippen LogP) is 4.31. The lowest BCUT2D eigenvalue weighted by atomic mass is 9.91. The SMILES string of the molecule is CC(C)c1c(C(=O)O)c(-c2nc(Cl)ncc2F)nc2ccccc12. The van der Waals surface area contributed by atoms with Gasteiger partial charge in [-0.2, -0.15) is 0 Å². The maximum absolute atomic E-state index is 14.2. The van der Waals surface area contributed by atoms with Gasteiger partial charge >= 0.3 is 5.97 Å². The van der Waals surface area contributed by atoms with Gasteiger partial charge in [-0.3, -0.25) is 0 Å². The van der Waals surface area contributed by atoms with E-state index in [1.807, 2.05) is 19.9 Å². The molecule has 0 radical (unpaired) electrons. The van der Waals surface area contributed by atoms with E-state index in [9.17, 15) is 14.3 Å². The van der Waals surface area contributed by atoms with Crippen LogP contribution in [0.15, 0.2) is 30.5 Å². The number of halogens is 2. The van der Waals surface area contributed by atoms with Gasteiger partial charge in [-0.05, 0) is 29.1 Å². The topological polar surface area (TPSA) is 76.0 Å². The molecule has 2 heterocycles. The summed E-state index contributed by atoms with van der Waals surface area (Å²) >= 11 is 5.76. The summed E-state index contributed by atoms with van der Waals surface area (Å²) in [6.07, 6.45) is 0.905. The smallest absolute Gasteiger partial charge is 0.338 e. The summed E-state index contributed by atoms with van der Waals surface area (Å²) in [4.78, 5) is 23.7. The molecule has 24 heavy (non-hydrogen) atoms. The molecule has 0 aliphatic carbocycles. The fourth-order valence-corrected chi connectivity index (χ4v) is 2.87. The van der Waals surface area contributed by atoms with Crippen LogP contribution in [-0.4, -0.2) is 26.0 Å². The number of aromatic nitrogens is 3. The fourth-order valence-electron chi connectivity index (χ4n) is 2.74. The number of hydrogen-bond acceptors (Lipinski definition) is 4. The van der Waals surface area contributed by atoms with E-state index in [1.54, 1.807) is 18.2 Å². The molecule has 1 N–H and O–H groups in total. The van der Waals surface area contributed by atoms with E-state index in [0.29, 0.717) is 16.5 Å². The normalized spacial score (nSPS) is 11.2. The van der Waals surface area contributed by atoms with Crippen LogP contribution >= 0.6 is 11.6 Å². The first-order chi connectivity index (χ1) is 11.4. The van der Waals surface area contributed by atoms with Gasteiger partial charge in [-0.25, -0.2) is 24.1 Å². The molecule has 0 aliphatic rings. The molecule has 7 heteroatoms. The Balaban J connectivity index is 2.50. The molecule has 0 atom stereocenters. The second kappa shape index (κ2) is 6.13. The van der Waals surface area contributed by atoms with Crippen molar-refractivity contribution in [2.45, 2.75) is 19.8 Å². The number of para-hydroxylation sites is 1. The number of pyridine rings is 1. The highest BCUT2D eigenvalue weighted by Crippen LogP contribution is 2.34. The van der Waals surface area contributed by atoms with Crippen LogP contribution in [0, 0.1) is 5.82 Å². The first-order valence-corrected chi connectivity index (χ1v) is 7.62. The lowest BCUT2D eigenvalue weighted by molar-refractivity contribution is 0.0696. The quantitative estimate of drug-likeness (QED) is 0.716. The molecule has 3 rings (SSSR count). The van der Waals surface area contributed by atoms with Crippen LogP contribution in [0.5, 0.6) is 0 Å². The van der Waals surface area contributed by atoms with Crippen molar-refractivity contribution in [3.63, 3.8) is 0 Å². The molecule has 5 nitrogen and oxygen atoms in total. The Morgan fingerprint density at radius 1 is 1.21 bits per heavy atom. The predicted molar refractivity (Wildman–Crippen MR) is 88.8 cm³/mol. The molecule has 0 saturated heterocycles. The number of rotatable bonds is 3. The van der Waals surface area contributed by atoms with Crippen LogP contribution in [0.2, 0.25) is 5.28 Å². The Bertz CT molecular complexity index is 960. The number of benzene rings is 1. The second-order valence-corrected chi connectivity index (χ2v) is 5.90. The van der Waals surface area contributed by atoms with Crippen molar-refractivity contribution in [2.24, 2.45) is 0 Å². The number of aromatic carboxylic acids is 1. The average Bonchev–Trinajstić information content (AvgIpc) is 2.54. The molecular formula is C17H13ClFN3O2. The Kier molecular flexibility index (Phi) is 4.15. The molecule has 0 saturated carbocycles. The van der Waals surface area contributed by atoms with E-state index in [2.05, 4.69) is 15.0 Å². The minimum atomic E-state index is -1.19. The van der Waals surface area contributed by atoms with Gasteiger partial charge in [0.1, 0.15) is 11.4 Å². The number of hydrogen-bond donors (Lipinski definition) is 1. The maximum Gasteiger partial charge on any atom is 0.338 e. The van der Waals surface area contributed by atoms with Gasteiger partial charge in [-0.1, -0.05) is 32.0 Å². The number of carboxylic acids is 1. The van der Waals surface area contributed by atoms with Gasteiger partial charge in [0.2, 0.25) is 5.28 Å². The molecule has 0 amide bonds. The molecule has 3 aromatic rings. The van der Waals surface area contributed by atoms with Gasteiger partial charge in [-0.15, -0.1) is 0 Å². The minimum Gasteiger partial charge on any atom is -0.478 e. The number of carbonyl (C=O) groups is 1. The lowest BCUT2D eigenvalue weighted by Gasteiger charge is -2.17. The van der Waals surface area contributed by atoms with Crippen molar-refractivity contribution in [3.05, 3.63) is 52.7 Å². The zero-order valence-electron chi connectivity index (χ0n) is 12.9. The van der Waals surface area contributed by atoms with Gasteiger partial charge in [0.15, 0.2) is 5.82 Å². The highest BCUT2D eigenvalue weighted by Gasteiger charge is 2.26. The number of fused-ring (bicyclic) bond motifs is 1. The largest absolute Gasteiger partial charge is 0.478 e. The highest BCUT2D eigenvalue weighted by atomic mass is 35.5. The Hall–Kier alpha value is -2.60. The Morgan fingerprint density at radius 3 is 2.58 bits per heavy atom. The third kappa shape index (κ3) is 2.69. The highest BCUT2D eigenvalue weighted by molar-refractivity contribution is 6.28. The van der Waals surface area contributed by atoms with E-state index in [0.717, 1.165) is 6.20 Å². The molecule has 0 bridgehead atoms. The van der Waals surface area contributed by atoms with Crippen molar-refractivity contribution in [1.82, 2.24) is 15.0 Å². The second-order valence-electron chi connectivity index (χ2n) is 5.56. The Morgan fingerprint density at radius 2 is 1.92 bits per heavy atom. The van der Waals surface area contributed by atoms with Crippen LogP contribution < -0.4 is 0 Å². The third-order valence-corrected chi connectivity index (χ3v) is 3.84. The molecule has 1 aromatic carbocycles. The summed E-state index contributed by atoms with van der Waals surface area (Å²) < 4.78 is 14.2. The summed E-state index contributed by atoms with van der Waals surface area (Å²) in [5.74, 6) is -2.08. The molecule has 2 aromatic heterocycles. The van der Waals surface area contributed by atoms with Crippen molar-refractivity contribution in [1.29, 1.82) is 0 Å². The summed E-state index contributed by atoms with van der Waals surface area (Å²) in [5, 5.41) is 10.3. The van der Waals surface area contributed by atoms with Gasteiger partial charge < -0.3 is 5.11 Å². The van der Waals surface area contributed by atoms with Crippen molar-refractivity contribution in [2.75, 3.05) is 0 Å². The standard InChI is InChI=1S/C17H13ClFN3O2/c1-8(2)12-9-5-3-4-6-11(9)21-15(13(12)16(23)24)14-10(19)7-20-17(18)22-14/h3-8H,1-2H3,(H,23,24). The fraction of sp³-hybridized carbons (Fsp3) is 0.176. The van der Waals surface area contributed by atoms with E-state index in [4.69, 9.17) is 11.6 Å². The monoisotopic (exact) mass is 345 g/mol. The zero-order chi connectivity index (χ0) is 17.4. The van der Waals surface area contributed by atoms with E-state index >= 15 is 0 Å². The maximum atomic E-state index is 14.2. The Labute approximate surface area is 142 Å². The molecule has 0 fully saturated rings. The number of carboxylic acid groups (broad SMARTS) is 1. The van der Waals surface area contributed by atoms with E-state index < -0.39 is 11.8 Å².